The predicted molar refractivity (Wildman–Crippen MR) is 125 cm³/mol. The molecule has 30 heavy (non-hydrogen) atoms. The molecule has 1 atom stereocenters. The number of nitrogens with zero attached hydrogens (tertiary/aromatic N) is 2. The Balaban J connectivity index is 1.25. The molecule has 4 heteroatoms. The predicted octanol–water partition coefficient (Wildman–Crippen LogP) is 4.51. The molecule has 2 aromatic carbocycles. The van der Waals surface area contributed by atoms with E-state index in [0.717, 1.165) is 45.3 Å². The summed E-state index contributed by atoms with van der Waals surface area (Å²) in [4.78, 5) is 5.12. The lowest BCUT2D eigenvalue weighted by atomic mass is 9.89. The molecular weight excluding hydrogens is 370 g/mol. The summed E-state index contributed by atoms with van der Waals surface area (Å²) in [5.74, 6) is 0.719. The minimum absolute atomic E-state index is 0.526. The molecule has 0 saturated carbocycles. The minimum Gasteiger partial charge on any atom is -0.383 e. The number of ether oxygens (including phenoxy) is 1. The molecule has 0 bridgehead atoms. The van der Waals surface area contributed by atoms with Gasteiger partial charge in [0.05, 0.1) is 13.2 Å². The van der Waals surface area contributed by atoms with E-state index >= 15 is 0 Å². The van der Waals surface area contributed by atoms with Crippen LogP contribution >= 0.6 is 0 Å². The fourth-order valence-corrected chi connectivity index (χ4v) is 4.71. The van der Waals surface area contributed by atoms with E-state index in [4.69, 9.17) is 4.74 Å². The van der Waals surface area contributed by atoms with Gasteiger partial charge in [-0.25, -0.2) is 0 Å². The Bertz CT molecular complexity index is 777. The Morgan fingerprint density at radius 3 is 2.47 bits per heavy atom. The van der Waals surface area contributed by atoms with E-state index in [9.17, 15) is 0 Å². The van der Waals surface area contributed by atoms with Gasteiger partial charge in [0.2, 0.25) is 0 Å². The van der Waals surface area contributed by atoms with Gasteiger partial charge < -0.3 is 10.1 Å². The third kappa shape index (κ3) is 5.84. The highest BCUT2D eigenvalue weighted by Crippen LogP contribution is 2.29. The lowest BCUT2D eigenvalue weighted by Crippen LogP contribution is -2.45. The van der Waals surface area contributed by atoms with Crippen LogP contribution in [-0.4, -0.2) is 61.8 Å². The number of likely N-dealkylation sites (tertiary alicyclic amines) is 1. The zero-order chi connectivity index (χ0) is 20.8. The second-order valence-electron chi connectivity index (χ2n) is 9.04. The molecule has 2 fully saturated rings. The third-order valence-corrected chi connectivity index (χ3v) is 6.74. The highest BCUT2D eigenvalue weighted by molar-refractivity contribution is 5.45. The monoisotopic (exact) mass is 407 g/mol. The van der Waals surface area contributed by atoms with Crippen LogP contribution in [0.4, 0.5) is 5.69 Å². The third-order valence-electron chi connectivity index (χ3n) is 6.74. The van der Waals surface area contributed by atoms with E-state index in [2.05, 4.69) is 77.5 Å². The van der Waals surface area contributed by atoms with Crippen LogP contribution in [0.5, 0.6) is 0 Å². The molecule has 2 aromatic rings. The molecule has 162 valence electrons. The van der Waals surface area contributed by atoms with Gasteiger partial charge in [0.15, 0.2) is 0 Å². The maximum absolute atomic E-state index is 5.47. The van der Waals surface area contributed by atoms with Crippen molar-refractivity contribution < 1.29 is 4.74 Å². The Kier molecular flexibility index (Phi) is 7.42. The lowest BCUT2D eigenvalue weighted by Gasteiger charge is -2.33. The molecule has 0 aromatic heterocycles. The SMILES string of the molecule is Cc1ccc(C2CCN(Cc3cccc(NCC(C)N4CCOCC4)c3)CC2)cc1. The highest BCUT2D eigenvalue weighted by atomic mass is 16.5. The average Bonchev–Trinajstić information content (AvgIpc) is 2.79. The van der Waals surface area contributed by atoms with E-state index in [1.165, 1.54) is 48.3 Å². The van der Waals surface area contributed by atoms with Crippen LogP contribution in [0.25, 0.3) is 0 Å². The first-order valence-corrected chi connectivity index (χ1v) is 11.6. The molecule has 2 heterocycles. The number of aryl methyl sites for hydroxylation is 1. The quantitative estimate of drug-likeness (QED) is 0.731. The van der Waals surface area contributed by atoms with Crippen molar-refractivity contribution in [1.82, 2.24) is 9.80 Å². The lowest BCUT2D eigenvalue weighted by molar-refractivity contribution is 0.0227. The summed E-state index contributed by atoms with van der Waals surface area (Å²) in [5, 5.41) is 3.65. The van der Waals surface area contributed by atoms with Crippen LogP contribution in [-0.2, 0) is 11.3 Å². The smallest absolute Gasteiger partial charge is 0.0594 e. The van der Waals surface area contributed by atoms with E-state index in [1.807, 2.05) is 0 Å². The van der Waals surface area contributed by atoms with Crippen molar-refractivity contribution in [3.05, 3.63) is 65.2 Å². The van der Waals surface area contributed by atoms with Crippen molar-refractivity contribution in [3.8, 4) is 0 Å². The molecule has 0 radical (unpaired) electrons. The zero-order valence-electron chi connectivity index (χ0n) is 18.6. The summed E-state index contributed by atoms with van der Waals surface area (Å²) in [6.45, 7) is 12.7. The van der Waals surface area contributed by atoms with Crippen molar-refractivity contribution in [3.63, 3.8) is 0 Å². The van der Waals surface area contributed by atoms with Gasteiger partial charge in [0, 0.05) is 37.9 Å². The first-order chi connectivity index (χ1) is 14.7. The van der Waals surface area contributed by atoms with E-state index < -0.39 is 0 Å². The van der Waals surface area contributed by atoms with Crippen LogP contribution in [0, 0.1) is 6.92 Å². The molecule has 0 amide bonds. The first kappa shape index (κ1) is 21.4. The average molecular weight is 408 g/mol. The molecule has 4 nitrogen and oxygen atoms in total. The van der Waals surface area contributed by atoms with Crippen molar-refractivity contribution in [2.75, 3.05) is 51.3 Å². The van der Waals surface area contributed by atoms with Crippen molar-refractivity contribution in [2.24, 2.45) is 0 Å². The number of nitrogens with one attached hydrogen (secondary N) is 1. The Hall–Kier alpha value is -1.88. The normalized spacial score (nSPS) is 20.2. The summed E-state index contributed by atoms with van der Waals surface area (Å²) in [7, 11) is 0. The summed E-state index contributed by atoms with van der Waals surface area (Å²) >= 11 is 0. The van der Waals surface area contributed by atoms with Gasteiger partial charge in [0.1, 0.15) is 0 Å². The first-order valence-electron chi connectivity index (χ1n) is 11.6. The van der Waals surface area contributed by atoms with Gasteiger partial charge in [-0.05, 0) is 69.0 Å². The number of hydrogen-bond acceptors (Lipinski definition) is 4. The van der Waals surface area contributed by atoms with Crippen LogP contribution < -0.4 is 5.32 Å². The van der Waals surface area contributed by atoms with Crippen molar-refractivity contribution in [2.45, 2.75) is 45.2 Å². The van der Waals surface area contributed by atoms with Gasteiger partial charge >= 0.3 is 0 Å². The van der Waals surface area contributed by atoms with Gasteiger partial charge in [-0.3, -0.25) is 9.80 Å². The maximum Gasteiger partial charge on any atom is 0.0594 e. The zero-order valence-corrected chi connectivity index (χ0v) is 18.6. The number of morpholine rings is 1. The fraction of sp³-hybridized carbons (Fsp3) is 0.538. The summed E-state index contributed by atoms with van der Waals surface area (Å²) in [5.41, 5.74) is 5.51. The van der Waals surface area contributed by atoms with E-state index in [0.29, 0.717) is 6.04 Å². The maximum atomic E-state index is 5.47. The van der Waals surface area contributed by atoms with Crippen LogP contribution in [0.1, 0.15) is 42.4 Å². The van der Waals surface area contributed by atoms with E-state index in [1.54, 1.807) is 0 Å². The second kappa shape index (κ2) is 10.4. The minimum atomic E-state index is 0.526. The topological polar surface area (TPSA) is 27.7 Å². The van der Waals surface area contributed by atoms with Gasteiger partial charge in [0.25, 0.3) is 0 Å². The molecule has 2 aliphatic heterocycles. The fourth-order valence-electron chi connectivity index (χ4n) is 4.71. The number of anilines is 1. The summed E-state index contributed by atoms with van der Waals surface area (Å²) in [6, 6.07) is 18.7. The molecule has 0 spiro atoms. The molecule has 4 rings (SSSR count). The molecule has 0 aliphatic carbocycles. The van der Waals surface area contributed by atoms with Crippen LogP contribution in [0.2, 0.25) is 0 Å². The highest BCUT2D eigenvalue weighted by Gasteiger charge is 2.21. The Morgan fingerprint density at radius 1 is 1.00 bits per heavy atom. The number of hydrogen-bond donors (Lipinski definition) is 1. The number of rotatable bonds is 7. The Labute approximate surface area is 182 Å². The van der Waals surface area contributed by atoms with Crippen molar-refractivity contribution in [1.29, 1.82) is 0 Å². The number of piperidine rings is 1. The summed E-state index contributed by atoms with van der Waals surface area (Å²) in [6.07, 6.45) is 2.52. The second-order valence-corrected chi connectivity index (χ2v) is 9.04. The standard InChI is InChI=1S/C26H37N3O/c1-21-6-8-24(9-7-21)25-10-12-28(13-11-25)20-23-4-3-5-26(18-23)27-19-22(2)29-14-16-30-17-15-29/h3-9,18,22,25,27H,10-17,19-20H2,1-2H3. The van der Waals surface area contributed by atoms with Gasteiger partial charge in [-0.1, -0.05) is 42.0 Å². The molecule has 2 saturated heterocycles. The largest absolute Gasteiger partial charge is 0.383 e. The summed E-state index contributed by atoms with van der Waals surface area (Å²) < 4.78 is 5.47. The van der Waals surface area contributed by atoms with Gasteiger partial charge in [-0.15, -0.1) is 0 Å². The van der Waals surface area contributed by atoms with Crippen molar-refractivity contribution >= 4 is 5.69 Å². The number of benzene rings is 2. The molecule has 1 N–H and O–H groups in total. The van der Waals surface area contributed by atoms with E-state index in [-0.39, 0.29) is 0 Å². The Morgan fingerprint density at radius 2 is 1.73 bits per heavy atom. The van der Waals surface area contributed by atoms with Crippen LogP contribution in [0.3, 0.4) is 0 Å². The van der Waals surface area contributed by atoms with Crippen LogP contribution in [0.15, 0.2) is 48.5 Å². The molecular formula is C26H37N3O. The van der Waals surface area contributed by atoms with Gasteiger partial charge in [-0.2, -0.15) is 0 Å². The molecule has 2 aliphatic rings. The molecule has 1 unspecified atom stereocenters.